The van der Waals surface area contributed by atoms with Crippen LogP contribution >= 0.6 is 0 Å². The van der Waals surface area contributed by atoms with Crippen LogP contribution < -0.4 is 16.8 Å². The number of nitrogens with one attached hydrogen (secondary N) is 1. The van der Waals surface area contributed by atoms with Gasteiger partial charge in [0.25, 0.3) is 5.91 Å². The maximum absolute atomic E-state index is 13.7. The van der Waals surface area contributed by atoms with Gasteiger partial charge in [0.05, 0.1) is 16.7 Å². The second kappa shape index (κ2) is 5.40. The van der Waals surface area contributed by atoms with Crippen molar-refractivity contribution in [2.75, 3.05) is 5.32 Å². The average molecular weight is 299 g/mol. The number of benzene rings is 1. The molecule has 2 amide bonds. The van der Waals surface area contributed by atoms with E-state index in [-0.39, 0.29) is 5.69 Å². The Hall–Kier alpha value is -2.02. The van der Waals surface area contributed by atoms with Crippen LogP contribution in [-0.2, 0) is 4.79 Å². The summed E-state index contributed by atoms with van der Waals surface area (Å²) < 4.78 is 27.1. The maximum atomic E-state index is 13.7. The molecule has 1 aromatic rings. The van der Waals surface area contributed by atoms with Crippen molar-refractivity contribution in [1.82, 2.24) is 0 Å². The smallest absolute Gasteiger partial charge is 0.251 e. The minimum atomic E-state index is -1.09. The van der Waals surface area contributed by atoms with Gasteiger partial charge in [-0.1, -0.05) is 0 Å². The summed E-state index contributed by atoms with van der Waals surface area (Å²) in [7, 11) is 0. The largest absolute Gasteiger partial charge is 0.366 e. The third kappa shape index (κ3) is 3.36. The molecule has 0 atom stereocenters. The second-order valence-electron chi connectivity index (χ2n) is 5.98. The quantitative estimate of drug-likeness (QED) is 0.790. The number of anilines is 1. The Labute approximate surface area is 121 Å². The first-order chi connectivity index (χ1) is 9.37. The summed E-state index contributed by atoms with van der Waals surface area (Å²) in [5.41, 5.74) is 8.17. The molecule has 0 aliphatic carbocycles. The molecule has 0 saturated heterocycles. The lowest BCUT2D eigenvalue weighted by atomic mass is 9.74. The van der Waals surface area contributed by atoms with E-state index in [1.807, 2.05) is 0 Å². The molecule has 21 heavy (non-hydrogen) atoms. The summed E-state index contributed by atoms with van der Waals surface area (Å²) >= 11 is 0. The predicted molar refractivity (Wildman–Crippen MR) is 75.6 cm³/mol. The van der Waals surface area contributed by atoms with E-state index in [0.29, 0.717) is 6.07 Å². The van der Waals surface area contributed by atoms with Crippen LogP contribution in [0.25, 0.3) is 0 Å². The molecule has 0 aliphatic heterocycles. The van der Waals surface area contributed by atoms with Gasteiger partial charge >= 0.3 is 0 Å². The molecule has 0 saturated carbocycles. The molecule has 5 N–H and O–H groups in total. The van der Waals surface area contributed by atoms with Gasteiger partial charge in [-0.05, 0) is 33.8 Å². The zero-order valence-electron chi connectivity index (χ0n) is 12.4. The molecular formula is C14H19F2N3O2. The Balaban J connectivity index is 3.17. The molecule has 1 rings (SSSR count). The highest BCUT2D eigenvalue weighted by Gasteiger charge is 2.40. The Morgan fingerprint density at radius 1 is 1.10 bits per heavy atom. The lowest BCUT2D eigenvalue weighted by Crippen LogP contribution is -2.53. The fourth-order valence-corrected chi connectivity index (χ4v) is 1.40. The van der Waals surface area contributed by atoms with Crippen LogP contribution in [0.15, 0.2) is 12.1 Å². The molecule has 0 unspecified atom stereocenters. The zero-order chi connectivity index (χ0) is 16.6. The molecule has 5 nitrogen and oxygen atoms in total. The van der Waals surface area contributed by atoms with Crippen molar-refractivity contribution in [3.05, 3.63) is 29.3 Å². The SMILES string of the molecule is CC(C)(N)C(C)(C)C(=O)Nc1cc(C(N)=O)c(F)cc1F. The number of nitrogens with two attached hydrogens (primary N) is 2. The fraction of sp³-hybridized carbons (Fsp3) is 0.429. The zero-order valence-corrected chi connectivity index (χ0v) is 12.4. The van der Waals surface area contributed by atoms with Crippen molar-refractivity contribution < 1.29 is 18.4 Å². The van der Waals surface area contributed by atoms with Gasteiger partial charge in [-0.3, -0.25) is 9.59 Å². The number of carbonyl (C=O) groups excluding carboxylic acids is 2. The lowest BCUT2D eigenvalue weighted by Gasteiger charge is -2.36. The number of rotatable bonds is 4. The second-order valence-corrected chi connectivity index (χ2v) is 5.98. The number of primary amides is 1. The van der Waals surface area contributed by atoms with E-state index in [1.165, 1.54) is 0 Å². The summed E-state index contributed by atoms with van der Waals surface area (Å²) in [6, 6.07) is 1.36. The standard InChI is InChI=1S/C14H19F2N3O2/c1-13(2,14(3,4)18)12(21)19-10-5-7(11(17)20)8(15)6-9(10)16/h5-6H,18H2,1-4H3,(H2,17,20)(H,19,21). The summed E-state index contributed by atoms with van der Waals surface area (Å²) in [6.45, 7) is 6.50. The number of hydrogen-bond donors (Lipinski definition) is 3. The Morgan fingerprint density at radius 3 is 2.05 bits per heavy atom. The maximum Gasteiger partial charge on any atom is 0.251 e. The van der Waals surface area contributed by atoms with Crippen molar-refractivity contribution in [2.24, 2.45) is 16.9 Å². The van der Waals surface area contributed by atoms with Gasteiger partial charge in [-0.25, -0.2) is 8.78 Å². The Morgan fingerprint density at radius 2 is 1.62 bits per heavy atom. The van der Waals surface area contributed by atoms with Gasteiger partial charge < -0.3 is 16.8 Å². The monoisotopic (exact) mass is 299 g/mol. The third-order valence-corrected chi connectivity index (χ3v) is 3.75. The number of amides is 2. The molecule has 0 fully saturated rings. The minimum Gasteiger partial charge on any atom is -0.366 e. The molecule has 7 heteroatoms. The molecule has 0 bridgehead atoms. The van der Waals surface area contributed by atoms with Gasteiger partial charge in [0.1, 0.15) is 11.6 Å². The van der Waals surface area contributed by atoms with Crippen LogP contribution in [0.4, 0.5) is 14.5 Å². The van der Waals surface area contributed by atoms with Crippen molar-refractivity contribution >= 4 is 17.5 Å². The molecule has 0 spiro atoms. The number of halogens is 2. The summed E-state index contributed by atoms with van der Waals surface area (Å²) in [4.78, 5) is 23.3. The van der Waals surface area contributed by atoms with E-state index >= 15 is 0 Å². The summed E-state index contributed by atoms with van der Waals surface area (Å²) in [5, 5.41) is 2.31. The molecule has 0 heterocycles. The first-order valence-electron chi connectivity index (χ1n) is 6.27. The van der Waals surface area contributed by atoms with Crippen LogP contribution in [0, 0.1) is 17.0 Å². The predicted octanol–water partition coefficient (Wildman–Crippen LogP) is 1.77. The van der Waals surface area contributed by atoms with Crippen molar-refractivity contribution in [3.63, 3.8) is 0 Å². The van der Waals surface area contributed by atoms with Gasteiger partial charge in [-0.2, -0.15) is 0 Å². The van der Waals surface area contributed by atoms with Crippen molar-refractivity contribution in [2.45, 2.75) is 33.2 Å². The van der Waals surface area contributed by atoms with Crippen LogP contribution in [0.2, 0.25) is 0 Å². The molecular weight excluding hydrogens is 280 g/mol. The molecule has 116 valence electrons. The van der Waals surface area contributed by atoms with E-state index in [4.69, 9.17) is 11.5 Å². The average Bonchev–Trinajstić information content (AvgIpc) is 2.30. The summed E-state index contributed by atoms with van der Waals surface area (Å²) in [5.74, 6) is -3.70. The lowest BCUT2D eigenvalue weighted by molar-refractivity contribution is -0.126. The minimum absolute atomic E-state index is 0.326. The van der Waals surface area contributed by atoms with Crippen LogP contribution in [0.5, 0.6) is 0 Å². The van der Waals surface area contributed by atoms with Gasteiger partial charge in [0, 0.05) is 11.6 Å². The van der Waals surface area contributed by atoms with Crippen LogP contribution in [0.1, 0.15) is 38.1 Å². The van der Waals surface area contributed by atoms with E-state index in [0.717, 1.165) is 6.07 Å². The number of carbonyl (C=O) groups is 2. The Kier molecular flexibility index (Phi) is 4.38. The molecule has 1 aromatic carbocycles. The highest BCUT2D eigenvalue weighted by Crippen LogP contribution is 2.30. The fourth-order valence-electron chi connectivity index (χ4n) is 1.40. The molecule has 0 radical (unpaired) electrons. The molecule has 0 aromatic heterocycles. The van der Waals surface area contributed by atoms with Crippen LogP contribution in [0.3, 0.4) is 0 Å². The van der Waals surface area contributed by atoms with Crippen molar-refractivity contribution in [3.8, 4) is 0 Å². The molecule has 0 aliphatic rings. The first kappa shape index (κ1) is 17.0. The van der Waals surface area contributed by atoms with Crippen LogP contribution in [-0.4, -0.2) is 17.4 Å². The highest BCUT2D eigenvalue weighted by atomic mass is 19.1. The topological polar surface area (TPSA) is 98.2 Å². The van der Waals surface area contributed by atoms with Gasteiger partial charge in [-0.15, -0.1) is 0 Å². The third-order valence-electron chi connectivity index (χ3n) is 3.75. The van der Waals surface area contributed by atoms with E-state index in [9.17, 15) is 18.4 Å². The van der Waals surface area contributed by atoms with E-state index in [2.05, 4.69) is 5.32 Å². The van der Waals surface area contributed by atoms with Crippen molar-refractivity contribution in [1.29, 1.82) is 0 Å². The highest BCUT2D eigenvalue weighted by molar-refractivity contribution is 5.98. The number of hydrogen-bond acceptors (Lipinski definition) is 3. The van der Waals surface area contributed by atoms with E-state index < -0.39 is 40.0 Å². The van der Waals surface area contributed by atoms with Gasteiger partial charge in [0.2, 0.25) is 5.91 Å². The van der Waals surface area contributed by atoms with Gasteiger partial charge in [0.15, 0.2) is 0 Å². The van der Waals surface area contributed by atoms with E-state index in [1.54, 1.807) is 27.7 Å². The summed E-state index contributed by atoms with van der Waals surface area (Å²) in [6.07, 6.45) is 0. The normalized spacial score (nSPS) is 12.1. The Bertz CT molecular complexity index is 593. The first-order valence-corrected chi connectivity index (χ1v) is 6.27.